The highest BCUT2D eigenvalue weighted by Crippen LogP contribution is 2.14. The molecule has 0 aromatic carbocycles. The van der Waals surface area contributed by atoms with Crippen molar-refractivity contribution in [1.82, 2.24) is 15.1 Å². The molecule has 0 aliphatic carbocycles. The topological polar surface area (TPSA) is 84.2 Å². The maximum absolute atomic E-state index is 11.9. The van der Waals surface area contributed by atoms with Gasteiger partial charge < -0.3 is 10.4 Å². The fourth-order valence-corrected chi connectivity index (χ4v) is 2.18. The van der Waals surface area contributed by atoms with Crippen molar-refractivity contribution in [1.29, 1.82) is 0 Å². The van der Waals surface area contributed by atoms with Gasteiger partial charge in [-0.15, -0.1) is 0 Å². The molecule has 0 aliphatic rings. The van der Waals surface area contributed by atoms with Crippen LogP contribution in [0.4, 0.5) is 0 Å². The Labute approximate surface area is 119 Å². The second-order valence-electron chi connectivity index (χ2n) is 5.05. The Morgan fingerprint density at radius 3 is 2.65 bits per heavy atom. The van der Waals surface area contributed by atoms with Crippen molar-refractivity contribution >= 4 is 11.9 Å². The van der Waals surface area contributed by atoms with Crippen LogP contribution in [-0.2, 0) is 11.8 Å². The molecule has 1 heterocycles. The first-order valence-electron chi connectivity index (χ1n) is 6.94. The van der Waals surface area contributed by atoms with E-state index in [2.05, 4.69) is 10.4 Å². The van der Waals surface area contributed by atoms with Crippen LogP contribution in [0.15, 0.2) is 6.07 Å². The Kier molecular flexibility index (Phi) is 6.21. The Balaban J connectivity index is 2.37. The molecule has 1 atom stereocenters. The van der Waals surface area contributed by atoms with Crippen molar-refractivity contribution in [3.63, 3.8) is 0 Å². The van der Waals surface area contributed by atoms with E-state index in [1.807, 2.05) is 13.8 Å². The lowest BCUT2D eigenvalue weighted by molar-refractivity contribution is -0.137. The van der Waals surface area contributed by atoms with E-state index in [1.54, 1.807) is 17.8 Å². The van der Waals surface area contributed by atoms with Crippen LogP contribution in [0.3, 0.4) is 0 Å². The molecule has 1 amide bonds. The summed E-state index contributed by atoms with van der Waals surface area (Å²) in [5, 5.41) is 15.7. The first-order valence-corrected chi connectivity index (χ1v) is 6.94. The van der Waals surface area contributed by atoms with Gasteiger partial charge in [-0.05, 0) is 31.7 Å². The van der Waals surface area contributed by atoms with Crippen LogP contribution in [0.2, 0.25) is 0 Å². The van der Waals surface area contributed by atoms with Crippen molar-refractivity contribution in [3.05, 3.63) is 17.5 Å². The van der Waals surface area contributed by atoms with Crippen LogP contribution in [0.5, 0.6) is 0 Å². The van der Waals surface area contributed by atoms with Gasteiger partial charge in [-0.25, -0.2) is 0 Å². The summed E-state index contributed by atoms with van der Waals surface area (Å²) < 4.78 is 1.56. The number of carbonyl (C=O) groups is 2. The van der Waals surface area contributed by atoms with Crippen molar-refractivity contribution in [2.45, 2.75) is 39.5 Å². The van der Waals surface area contributed by atoms with Gasteiger partial charge in [-0.2, -0.15) is 5.10 Å². The highest BCUT2D eigenvalue weighted by molar-refractivity contribution is 5.92. The molecule has 2 N–H and O–H groups in total. The van der Waals surface area contributed by atoms with Crippen molar-refractivity contribution in [3.8, 4) is 0 Å². The van der Waals surface area contributed by atoms with Crippen molar-refractivity contribution < 1.29 is 14.7 Å². The predicted molar refractivity (Wildman–Crippen MR) is 75.5 cm³/mol. The van der Waals surface area contributed by atoms with Gasteiger partial charge in [0.1, 0.15) is 5.69 Å². The number of aromatic nitrogens is 2. The second kappa shape index (κ2) is 7.67. The van der Waals surface area contributed by atoms with E-state index < -0.39 is 5.97 Å². The summed E-state index contributed by atoms with van der Waals surface area (Å²) in [6.45, 7) is 4.44. The van der Waals surface area contributed by atoms with Gasteiger partial charge in [-0.1, -0.05) is 13.3 Å². The number of hydrogen-bond acceptors (Lipinski definition) is 3. The molecule has 0 saturated carbocycles. The quantitative estimate of drug-likeness (QED) is 0.760. The van der Waals surface area contributed by atoms with Crippen LogP contribution in [-0.4, -0.2) is 33.3 Å². The smallest absolute Gasteiger partial charge is 0.303 e. The Morgan fingerprint density at radius 2 is 2.15 bits per heavy atom. The first-order chi connectivity index (χ1) is 9.43. The summed E-state index contributed by atoms with van der Waals surface area (Å²) in [6.07, 6.45) is 2.57. The fraction of sp³-hybridized carbons (Fsp3) is 0.643. The number of carboxylic acids is 1. The molecule has 20 heavy (non-hydrogen) atoms. The molecule has 1 aromatic heterocycles. The predicted octanol–water partition coefficient (Wildman–Crippen LogP) is 1.74. The number of amides is 1. The van der Waals surface area contributed by atoms with Crippen LogP contribution in [0.1, 0.15) is 48.8 Å². The molecule has 0 fully saturated rings. The Bertz CT molecular complexity index is 468. The lowest BCUT2D eigenvalue weighted by Gasteiger charge is -2.14. The van der Waals surface area contributed by atoms with E-state index in [1.165, 1.54) is 0 Å². The zero-order chi connectivity index (χ0) is 15.1. The van der Waals surface area contributed by atoms with Gasteiger partial charge in [0.2, 0.25) is 0 Å². The van der Waals surface area contributed by atoms with E-state index in [-0.39, 0.29) is 12.3 Å². The largest absolute Gasteiger partial charge is 0.481 e. The SMILES string of the molecule is CCC(CCNC(=O)c1cc(C)nn1C)CCC(=O)O. The number of nitrogens with one attached hydrogen (secondary N) is 1. The summed E-state index contributed by atoms with van der Waals surface area (Å²) in [6, 6.07) is 1.75. The van der Waals surface area contributed by atoms with Gasteiger partial charge in [0.25, 0.3) is 5.91 Å². The standard InChI is InChI=1S/C14H23N3O3/c1-4-11(5-6-13(18)19)7-8-15-14(20)12-9-10(2)16-17(12)3/h9,11H,4-8H2,1-3H3,(H,15,20)(H,18,19). The molecule has 1 rings (SSSR count). The molecule has 0 spiro atoms. The minimum Gasteiger partial charge on any atom is -0.481 e. The number of carbonyl (C=O) groups excluding carboxylic acids is 1. The lowest BCUT2D eigenvalue weighted by atomic mass is 9.96. The van der Waals surface area contributed by atoms with Gasteiger partial charge >= 0.3 is 5.97 Å². The molecule has 0 radical (unpaired) electrons. The van der Waals surface area contributed by atoms with Crippen molar-refractivity contribution in [2.24, 2.45) is 13.0 Å². The molecule has 1 unspecified atom stereocenters. The molecule has 6 nitrogen and oxygen atoms in total. The number of nitrogens with zero attached hydrogens (tertiary/aromatic N) is 2. The van der Waals surface area contributed by atoms with Crippen LogP contribution in [0.25, 0.3) is 0 Å². The summed E-state index contributed by atoms with van der Waals surface area (Å²) >= 11 is 0. The molecule has 1 aromatic rings. The average Bonchev–Trinajstić information content (AvgIpc) is 2.72. The number of hydrogen-bond donors (Lipinski definition) is 2. The third-order valence-electron chi connectivity index (χ3n) is 3.42. The third kappa shape index (κ3) is 5.03. The minimum absolute atomic E-state index is 0.138. The average molecular weight is 281 g/mol. The van der Waals surface area contributed by atoms with E-state index in [4.69, 9.17) is 5.11 Å². The third-order valence-corrected chi connectivity index (χ3v) is 3.42. The van der Waals surface area contributed by atoms with E-state index in [9.17, 15) is 9.59 Å². The fourth-order valence-electron chi connectivity index (χ4n) is 2.18. The number of aryl methyl sites for hydroxylation is 2. The Morgan fingerprint density at radius 1 is 1.45 bits per heavy atom. The van der Waals surface area contributed by atoms with E-state index in [0.29, 0.717) is 24.6 Å². The number of aliphatic carboxylic acids is 1. The molecule has 112 valence electrons. The maximum atomic E-state index is 11.9. The summed E-state index contributed by atoms with van der Waals surface area (Å²) in [5.41, 5.74) is 1.35. The van der Waals surface area contributed by atoms with Crippen LogP contribution in [0, 0.1) is 12.8 Å². The van der Waals surface area contributed by atoms with Crippen LogP contribution < -0.4 is 5.32 Å². The summed E-state index contributed by atoms with van der Waals surface area (Å²) in [7, 11) is 1.74. The monoisotopic (exact) mass is 281 g/mol. The lowest BCUT2D eigenvalue weighted by Crippen LogP contribution is -2.27. The van der Waals surface area contributed by atoms with Crippen molar-refractivity contribution in [2.75, 3.05) is 6.54 Å². The van der Waals surface area contributed by atoms with Gasteiger partial charge in [0.05, 0.1) is 5.69 Å². The first kappa shape index (κ1) is 16.2. The van der Waals surface area contributed by atoms with Gasteiger partial charge in [-0.3, -0.25) is 14.3 Å². The van der Waals surface area contributed by atoms with Crippen LogP contribution >= 0.6 is 0 Å². The molecular formula is C14H23N3O3. The van der Waals surface area contributed by atoms with E-state index >= 15 is 0 Å². The van der Waals surface area contributed by atoms with E-state index in [0.717, 1.165) is 18.5 Å². The summed E-state index contributed by atoms with van der Waals surface area (Å²) in [4.78, 5) is 22.5. The molecule has 6 heteroatoms. The highest BCUT2D eigenvalue weighted by Gasteiger charge is 2.13. The minimum atomic E-state index is -0.766. The molecule has 0 saturated heterocycles. The second-order valence-corrected chi connectivity index (χ2v) is 5.05. The van der Waals surface area contributed by atoms with Gasteiger partial charge in [0.15, 0.2) is 0 Å². The summed E-state index contributed by atoms with van der Waals surface area (Å²) in [5.74, 6) is -0.571. The maximum Gasteiger partial charge on any atom is 0.303 e. The highest BCUT2D eigenvalue weighted by atomic mass is 16.4. The zero-order valence-corrected chi connectivity index (χ0v) is 12.3. The number of rotatable bonds is 8. The number of carboxylic acid groups (broad SMARTS) is 1. The molecule has 0 bridgehead atoms. The Hall–Kier alpha value is -1.85. The normalized spacial score (nSPS) is 12.2. The molecular weight excluding hydrogens is 258 g/mol. The van der Waals surface area contributed by atoms with Gasteiger partial charge in [0, 0.05) is 20.0 Å². The zero-order valence-electron chi connectivity index (χ0n) is 12.3. The molecule has 0 aliphatic heterocycles.